The number of rotatable bonds is 5. The summed E-state index contributed by atoms with van der Waals surface area (Å²) in [6.07, 6.45) is 1.58. The van der Waals surface area contributed by atoms with Crippen LogP contribution in [-0.4, -0.2) is 35.7 Å². The summed E-state index contributed by atoms with van der Waals surface area (Å²) in [7, 11) is 0. The second kappa shape index (κ2) is 7.26. The van der Waals surface area contributed by atoms with Gasteiger partial charge in [-0.2, -0.15) is 0 Å². The van der Waals surface area contributed by atoms with Gasteiger partial charge in [0.15, 0.2) is 0 Å². The first-order valence-electron chi connectivity index (χ1n) is 5.31. The molecule has 0 aliphatic carbocycles. The molecule has 0 radical (unpaired) electrons. The summed E-state index contributed by atoms with van der Waals surface area (Å²) in [4.78, 5) is 13.3. The Morgan fingerprint density at radius 1 is 1.50 bits per heavy atom. The Morgan fingerprint density at radius 3 is 2.83 bits per heavy atom. The number of halogens is 2. The normalized spacial score (nSPS) is 9.94. The lowest BCUT2D eigenvalue weighted by Crippen LogP contribution is -2.37. The lowest BCUT2D eigenvalue weighted by Gasteiger charge is -2.20. The monoisotopic (exact) mass is 288 g/mol. The highest BCUT2D eigenvalue weighted by atomic mass is 35.5. The average molecular weight is 289 g/mol. The van der Waals surface area contributed by atoms with Crippen molar-refractivity contribution in [2.45, 2.75) is 0 Å². The fraction of sp³-hybridized carbons (Fsp3) is 0.250. The molecule has 0 heterocycles. The summed E-state index contributed by atoms with van der Waals surface area (Å²) < 4.78 is 0. The van der Waals surface area contributed by atoms with E-state index in [1.807, 2.05) is 0 Å². The largest absolute Gasteiger partial charge is 0.395 e. The number of aliphatic hydroxyl groups excluding tert-OH is 1. The van der Waals surface area contributed by atoms with Gasteiger partial charge < -0.3 is 15.3 Å². The minimum Gasteiger partial charge on any atom is -0.395 e. The molecule has 0 atom stereocenters. The first-order chi connectivity index (χ1) is 8.58. The molecule has 0 unspecified atom stereocenters. The molecule has 0 spiro atoms. The molecule has 0 bridgehead atoms. The maximum atomic E-state index is 11.9. The van der Waals surface area contributed by atoms with Gasteiger partial charge in [0.1, 0.15) is 0 Å². The van der Waals surface area contributed by atoms with Crippen molar-refractivity contribution in [2.24, 2.45) is 0 Å². The van der Waals surface area contributed by atoms with Gasteiger partial charge in [0.25, 0.3) is 0 Å². The van der Waals surface area contributed by atoms with Crippen molar-refractivity contribution in [3.8, 4) is 0 Å². The Bertz CT molecular complexity index is 438. The van der Waals surface area contributed by atoms with Crippen molar-refractivity contribution in [1.82, 2.24) is 4.90 Å². The number of nitrogens with zero attached hydrogens (tertiary/aromatic N) is 1. The molecular formula is C12H14Cl2N2O2. The standard InChI is InChI=1S/C12H14Cl2N2O2/c1-2-5-16(6-7-17)12(18)15-11-8-9(13)3-4-10(11)14/h2-4,8,17H,1,5-7H2,(H,15,18). The van der Waals surface area contributed by atoms with E-state index in [4.69, 9.17) is 28.3 Å². The average Bonchev–Trinajstić information content (AvgIpc) is 2.33. The summed E-state index contributed by atoms with van der Waals surface area (Å²) in [5.41, 5.74) is 0.432. The molecule has 6 heteroatoms. The van der Waals surface area contributed by atoms with Crippen molar-refractivity contribution in [3.63, 3.8) is 0 Å². The highest BCUT2D eigenvalue weighted by Crippen LogP contribution is 2.25. The van der Waals surface area contributed by atoms with Crippen LogP contribution in [0, 0.1) is 0 Å². The molecule has 0 saturated heterocycles. The van der Waals surface area contributed by atoms with Crippen LogP contribution in [-0.2, 0) is 0 Å². The van der Waals surface area contributed by atoms with E-state index in [0.717, 1.165) is 0 Å². The number of urea groups is 1. The molecule has 2 amide bonds. The number of hydrogen-bond acceptors (Lipinski definition) is 2. The van der Waals surface area contributed by atoms with Gasteiger partial charge in [0.2, 0.25) is 0 Å². The topological polar surface area (TPSA) is 52.6 Å². The Morgan fingerprint density at radius 2 is 2.22 bits per heavy atom. The van der Waals surface area contributed by atoms with Crippen LogP contribution in [0.4, 0.5) is 10.5 Å². The molecule has 18 heavy (non-hydrogen) atoms. The molecule has 0 aromatic heterocycles. The molecule has 1 rings (SSSR count). The first kappa shape index (κ1) is 14.8. The minimum absolute atomic E-state index is 0.120. The number of nitrogens with one attached hydrogen (secondary N) is 1. The number of anilines is 1. The van der Waals surface area contributed by atoms with Crippen LogP contribution in [0.25, 0.3) is 0 Å². The SMILES string of the molecule is C=CCN(CCO)C(=O)Nc1cc(Cl)ccc1Cl. The lowest BCUT2D eigenvalue weighted by molar-refractivity contribution is 0.195. The zero-order chi connectivity index (χ0) is 13.5. The number of hydrogen-bond donors (Lipinski definition) is 2. The van der Waals surface area contributed by atoms with E-state index in [0.29, 0.717) is 22.3 Å². The molecule has 1 aromatic carbocycles. The smallest absolute Gasteiger partial charge is 0.322 e. The zero-order valence-electron chi connectivity index (χ0n) is 9.70. The molecular weight excluding hydrogens is 275 g/mol. The van der Waals surface area contributed by atoms with Crippen LogP contribution in [0.3, 0.4) is 0 Å². The fourth-order valence-corrected chi connectivity index (χ4v) is 1.68. The lowest BCUT2D eigenvalue weighted by atomic mass is 10.3. The van der Waals surface area contributed by atoms with Crippen LogP contribution in [0.1, 0.15) is 0 Å². The zero-order valence-corrected chi connectivity index (χ0v) is 11.2. The molecule has 98 valence electrons. The van der Waals surface area contributed by atoms with Crippen LogP contribution in [0.15, 0.2) is 30.9 Å². The number of carbonyl (C=O) groups is 1. The summed E-state index contributed by atoms with van der Waals surface area (Å²) in [5, 5.41) is 12.4. The summed E-state index contributed by atoms with van der Waals surface area (Å²) >= 11 is 11.8. The molecule has 0 fully saturated rings. The predicted octanol–water partition coefficient (Wildman–Crippen LogP) is 3.01. The second-order valence-electron chi connectivity index (χ2n) is 3.51. The van der Waals surface area contributed by atoms with Gasteiger partial charge in [-0.3, -0.25) is 0 Å². The van der Waals surface area contributed by atoms with Crippen molar-refractivity contribution < 1.29 is 9.90 Å². The van der Waals surface area contributed by atoms with Gasteiger partial charge in [-0.05, 0) is 18.2 Å². The Hall–Kier alpha value is -1.23. The third-order valence-electron chi connectivity index (χ3n) is 2.18. The Balaban J connectivity index is 2.78. The van der Waals surface area contributed by atoms with Crippen LogP contribution >= 0.6 is 23.2 Å². The quantitative estimate of drug-likeness (QED) is 0.819. The number of benzene rings is 1. The number of aliphatic hydroxyl groups is 1. The van der Waals surface area contributed by atoms with E-state index in [-0.39, 0.29) is 19.2 Å². The molecule has 4 nitrogen and oxygen atoms in total. The maximum Gasteiger partial charge on any atom is 0.322 e. The highest BCUT2D eigenvalue weighted by Gasteiger charge is 2.13. The van der Waals surface area contributed by atoms with E-state index >= 15 is 0 Å². The van der Waals surface area contributed by atoms with E-state index < -0.39 is 0 Å². The highest BCUT2D eigenvalue weighted by molar-refractivity contribution is 6.35. The molecule has 2 N–H and O–H groups in total. The van der Waals surface area contributed by atoms with Gasteiger partial charge in [0.05, 0.1) is 17.3 Å². The summed E-state index contributed by atoms with van der Waals surface area (Å²) in [6, 6.07) is 4.43. The van der Waals surface area contributed by atoms with Gasteiger partial charge in [-0.25, -0.2) is 4.79 Å². The van der Waals surface area contributed by atoms with Crippen molar-refractivity contribution in [2.75, 3.05) is 25.0 Å². The predicted molar refractivity (Wildman–Crippen MR) is 74.3 cm³/mol. The third kappa shape index (κ3) is 4.22. The summed E-state index contributed by atoms with van der Waals surface area (Å²) in [5.74, 6) is 0. The fourth-order valence-electron chi connectivity index (χ4n) is 1.34. The van der Waals surface area contributed by atoms with Crippen LogP contribution < -0.4 is 5.32 Å². The van der Waals surface area contributed by atoms with Gasteiger partial charge in [0, 0.05) is 18.1 Å². The number of amides is 2. The van der Waals surface area contributed by atoms with Gasteiger partial charge in [-0.15, -0.1) is 6.58 Å². The minimum atomic E-state index is -0.367. The van der Waals surface area contributed by atoms with Gasteiger partial charge in [-0.1, -0.05) is 29.3 Å². The van der Waals surface area contributed by atoms with Crippen molar-refractivity contribution in [3.05, 3.63) is 40.9 Å². The second-order valence-corrected chi connectivity index (χ2v) is 4.36. The Labute approximate surface area is 116 Å². The number of carbonyl (C=O) groups excluding carboxylic acids is 1. The molecule has 0 aliphatic rings. The molecule has 0 saturated carbocycles. The van der Waals surface area contributed by atoms with Crippen LogP contribution in [0.2, 0.25) is 10.0 Å². The van der Waals surface area contributed by atoms with Crippen molar-refractivity contribution in [1.29, 1.82) is 0 Å². The first-order valence-corrected chi connectivity index (χ1v) is 6.06. The Kier molecular flexibility index (Phi) is 5.98. The molecule has 0 aliphatic heterocycles. The maximum absolute atomic E-state index is 11.9. The van der Waals surface area contributed by atoms with E-state index in [2.05, 4.69) is 11.9 Å². The van der Waals surface area contributed by atoms with Crippen LogP contribution in [0.5, 0.6) is 0 Å². The van der Waals surface area contributed by atoms with E-state index in [9.17, 15) is 4.79 Å². The summed E-state index contributed by atoms with van der Waals surface area (Å²) in [6.45, 7) is 3.99. The third-order valence-corrected chi connectivity index (χ3v) is 2.74. The van der Waals surface area contributed by atoms with E-state index in [1.54, 1.807) is 24.3 Å². The van der Waals surface area contributed by atoms with Gasteiger partial charge >= 0.3 is 6.03 Å². The van der Waals surface area contributed by atoms with E-state index in [1.165, 1.54) is 4.90 Å². The van der Waals surface area contributed by atoms with Crippen molar-refractivity contribution >= 4 is 34.9 Å². The molecule has 1 aromatic rings.